The molecule has 4 heteroatoms. The van der Waals surface area contributed by atoms with E-state index in [1.54, 1.807) is 0 Å². The van der Waals surface area contributed by atoms with Crippen molar-refractivity contribution >= 4 is 18.3 Å². The van der Waals surface area contributed by atoms with E-state index in [-0.39, 0.29) is 35.7 Å². The fourth-order valence-corrected chi connectivity index (χ4v) is 2.06. The normalized spacial score (nSPS) is 14.1. The summed E-state index contributed by atoms with van der Waals surface area (Å²) in [6, 6.07) is 8.18. The van der Waals surface area contributed by atoms with Gasteiger partial charge in [0.1, 0.15) is 0 Å². The molecule has 0 fully saturated rings. The second-order valence-corrected chi connectivity index (χ2v) is 6.30. The van der Waals surface area contributed by atoms with E-state index in [4.69, 9.17) is 5.73 Å². The van der Waals surface area contributed by atoms with Crippen molar-refractivity contribution in [2.24, 2.45) is 17.1 Å². The molecule has 2 unspecified atom stereocenters. The first-order valence-electron chi connectivity index (χ1n) is 6.83. The maximum atomic E-state index is 12.1. The van der Waals surface area contributed by atoms with E-state index in [1.807, 2.05) is 19.1 Å². The van der Waals surface area contributed by atoms with Crippen LogP contribution in [0.4, 0.5) is 0 Å². The molecule has 0 heterocycles. The Morgan fingerprint density at radius 1 is 1.30 bits per heavy atom. The maximum Gasteiger partial charge on any atom is 0.224 e. The van der Waals surface area contributed by atoms with Gasteiger partial charge in [-0.3, -0.25) is 4.79 Å². The van der Waals surface area contributed by atoms with Crippen molar-refractivity contribution in [3.05, 3.63) is 35.4 Å². The first-order valence-corrected chi connectivity index (χ1v) is 6.83. The topological polar surface area (TPSA) is 55.1 Å². The Kier molecular flexibility index (Phi) is 7.25. The number of carbonyl (C=O) groups is 1. The molecule has 1 amide bonds. The minimum Gasteiger partial charge on any atom is -0.348 e. The third-order valence-corrected chi connectivity index (χ3v) is 3.45. The predicted molar refractivity (Wildman–Crippen MR) is 87.0 cm³/mol. The Labute approximate surface area is 128 Å². The lowest BCUT2D eigenvalue weighted by Crippen LogP contribution is -2.41. The number of nitrogens with one attached hydrogen (secondary N) is 1. The van der Waals surface area contributed by atoms with Gasteiger partial charge in [0, 0.05) is 12.5 Å². The third-order valence-electron chi connectivity index (χ3n) is 3.45. The van der Waals surface area contributed by atoms with Gasteiger partial charge in [0.25, 0.3) is 0 Å². The number of nitrogens with two attached hydrogens (primary N) is 1. The largest absolute Gasteiger partial charge is 0.348 e. The highest BCUT2D eigenvalue weighted by Gasteiger charge is 2.29. The van der Waals surface area contributed by atoms with Gasteiger partial charge in [0.15, 0.2) is 0 Å². The number of hydrogen-bond donors (Lipinski definition) is 2. The summed E-state index contributed by atoms with van der Waals surface area (Å²) in [7, 11) is 0. The van der Waals surface area contributed by atoms with Crippen LogP contribution in [0.15, 0.2) is 24.3 Å². The number of hydrogen-bond acceptors (Lipinski definition) is 2. The molecule has 0 aromatic heterocycles. The van der Waals surface area contributed by atoms with Crippen LogP contribution in [0.2, 0.25) is 0 Å². The fraction of sp³-hybridized carbons (Fsp3) is 0.562. The quantitative estimate of drug-likeness (QED) is 0.897. The van der Waals surface area contributed by atoms with Crippen molar-refractivity contribution in [1.29, 1.82) is 0 Å². The van der Waals surface area contributed by atoms with E-state index < -0.39 is 0 Å². The summed E-state index contributed by atoms with van der Waals surface area (Å²) in [6.45, 7) is 10.7. The van der Waals surface area contributed by atoms with Gasteiger partial charge in [-0.05, 0) is 23.5 Å². The Balaban J connectivity index is 0.00000361. The molecule has 3 N–H and O–H groups in total. The van der Waals surface area contributed by atoms with Gasteiger partial charge in [-0.15, -0.1) is 12.4 Å². The van der Waals surface area contributed by atoms with Crippen LogP contribution in [0.3, 0.4) is 0 Å². The summed E-state index contributed by atoms with van der Waals surface area (Å²) in [4.78, 5) is 12.1. The highest BCUT2D eigenvalue weighted by atomic mass is 35.5. The average molecular weight is 299 g/mol. The minimum atomic E-state index is -0.158. The first-order chi connectivity index (χ1) is 8.77. The minimum absolute atomic E-state index is 0. The van der Waals surface area contributed by atoms with Crippen LogP contribution in [0, 0.1) is 18.3 Å². The number of amides is 1. The van der Waals surface area contributed by atoms with Crippen LogP contribution in [-0.4, -0.2) is 12.5 Å². The van der Waals surface area contributed by atoms with Gasteiger partial charge in [0.05, 0.1) is 6.04 Å². The lowest BCUT2D eigenvalue weighted by molar-refractivity contribution is -0.125. The van der Waals surface area contributed by atoms with Gasteiger partial charge < -0.3 is 11.1 Å². The van der Waals surface area contributed by atoms with Crippen LogP contribution >= 0.6 is 12.4 Å². The van der Waals surface area contributed by atoms with Crippen molar-refractivity contribution in [2.45, 2.75) is 40.7 Å². The molecule has 0 aliphatic heterocycles. The van der Waals surface area contributed by atoms with Crippen LogP contribution in [0.1, 0.15) is 44.9 Å². The van der Waals surface area contributed by atoms with E-state index in [0.717, 1.165) is 0 Å². The number of rotatable bonds is 4. The van der Waals surface area contributed by atoms with E-state index in [9.17, 15) is 4.79 Å². The molecule has 0 aliphatic rings. The highest BCUT2D eigenvalue weighted by molar-refractivity contribution is 5.85. The standard InChI is InChI=1S/C16H26N2O.ClH/c1-11-8-6-7-9-13(11)14(16(3,4)5)18-15(19)12(2)10-17;/h6-9,12,14H,10,17H2,1-5H3,(H,18,19);1H. The molecule has 114 valence electrons. The zero-order valence-corrected chi connectivity index (χ0v) is 13.9. The molecule has 1 aromatic carbocycles. The zero-order chi connectivity index (χ0) is 14.6. The fourth-order valence-electron chi connectivity index (χ4n) is 2.06. The average Bonchev–Trinajstić information content (AvgIpc) is 2.34. The maximum absolute atomic E-state index is 12.1. The van der Waals surface area contributed by atoms with Gasteiger partial charge >= 0.3 is 0 Å². The summed E-state index contributed by atoms with van der Waals surface area (Å²) < 4.78 is 0. The molecule has 3 nitrogen and oxygen atoms in total. The van der Waals surface area contributed by atoms with Crippen molar-refractivity contribution in [3.63, 3.8) is 0 Å². The van der Waals surface area contributed by atoms with Gasteiger partial charge in [0.2, 0.25) is 5.91 Å². The smallest absolute Gasteiger partial charge is 0.224 e. The third kappa shape index (κ3) is 4.80. The molecule has 2 atom stereocenters. The number of benzene rings is 1. The summed E-state index contributed by atoms with van der Waals surface area (Å²) in [6.07, 6.45) is 0. The summed E-state index contributed by atoms with van der Waals surface area (Å²) in [5, 5.41) is 3.15. The Morgan fingerprint density at radius 2 is 1.85 bits per heavy atom. The number of halogens is 1. The molecular weight excluding hydrogens is 272 g/mol. The van der Waals surface area contributed by atoms with Crippen molar-refractivity contribution in [3.8, 4) is 0 Å². The van der Waals surface area contributed by atoms with Crippen LogP contribution in [-0.2, 0) is 4.79 Å². The Morgan fingerprint density at radius 3 is 2.30 bits per heavy atom. The predicted octanol–water partition coefficient (Wildman–Crippen LogP) is 3.22. The SMILES string of the molecule is Cc1ccccc1C(NC(=O)C(C)CN)C(C)(C)C.Cl. The Hall–Kier alpha value is -1.06. The molecular formula is C16H27ClN2O. The molecule has 0 saturated carbocycles. The molecule has 0 aliphatic carbocycles. The second-order valence-electron chi connectivity index (χ2n) is 6.30. The van der Waals surface area contributed by atoms with Crippen LogP contribution < -0.4 is 11.1 Å². The molecule has 0 bridgehead atoms. The van der Waals surface area contributed by atoms with E-state index in [0.29, 0.717) is 6.54 Å². The van der Waals surface area contributed by atoms with E-state index in [2.05, 4.69) is 45.1 Å². The molecule has 20 heavy (non-hydrogen) atoms. The number of carbonyl (C=O) groups excluding carboxylic acids is 1. The Bertz CT molecular complexity index is 440. The molecule has 1 rings (SSSR count). The van der Waals surface area contributed by atoms with Gasteiger partial charge in [-0.25, -0.2) is 0 Å². The van der Waals surface area contributed by atoms with Crippen LogP contribution in [0.5, 0.6) is 0 Å². The first kappa shape index (κ1) is 18.9. The molecule has 0 saturated heterocycles. The van der Waals surface area contributed by atoms with E-state index in [1.165, 1.54) is 11.1 Å². The monoisotopic (exact) mass is 298 g/mol. The molecule has 0 spiro atoms. The summed E-state index contributed by atoms with van der Waals surface area (Å²) in [5.41, 5.74) is 7.89. The number of aryl methyl sites for hydroxylation is 1. The van der Waals surface area contributed by atoms with Crippen molar-refractivity contribution in [1.82, 2.24) is 5.32 Å². The second kappa shape index (κ2) is 7.65. The highest BCUT2D eigenvalue weighted by Crippen LogP contribution is 2.34. The van der Waals surface area contributed by atoms with E-state index >= 15 is 0 Å². The molecule has 1 aromatic rings. The lowest BCUT2D eigenvalue weighted by atomic mass is 9.80. The lowest BCUT2D eigenvalue weighted by Gasteiger charge is -2.33. The van der Waals surface area contributed by atoms with Crippen molar-refractivity contribution < 1.29 is 4.79 Å². The zero-order valence-electron chi connectivity index (χ0n) is 13.1. The van der Waals surface area contributed by atoms with Gasteiger partial charge in [-0.1, -0.05) is 52.0 Å². The molecule has 0 radical (unpaired) electrons. The van der Waals surface area contributed by atoms with Gasteiger partial charge in [-0.2, -0.15) is 0 Å². The van der Waals surface area contributed by atoms with Crippen LogP contribution in [0.25, 0.3) is 0 Å². The summed E-state index contributed by atoms with van der Waals surface area (Å²) in [5.74, 6) is -0.139. The summed E-state index contributed by atoms with van der Waals surface area (Å²) >= 11 is 0. The van der Waals surface area contributed by atoms with Crippen molar-refractivity contribution in [2.75, 3.05) is 6.54 Å².